The zero-order valence-electron chi connectivity index (χ0n) is 11.1. The van der Waals surface area contributed by atoms with Crippen molar-refractivity contribution in [2.24, 2.45) is 0 Å². The van der Waals surface area contributed by atoms with E-state index in [-0.39, 0.29) is 17.9 Å². The number of nitrogens with zero attached hydrogens (tertiary/aromatic N) is 1. The van der Waals surface area contributed by atoms with E-state index in [2.05, 4.69) is 20.8 Å². The van der Waals surface area contributed by atoms with Crippen LogP contribution in [0.4, 0.5) is 15.0 Å². The van der Waals surface area contributed by atoms with E-state index in [0.717, 1.165) is 25.7 Å². The van der Waals surface area contributed by atoms with Crippen LogP contribution in [0.3, 0.4) is 0 Å². The average molecular weight is 276 g/mol. The van der Waals surface area contributed by atoms with Crippen LogP contribution in [0, 0.1) is 5.82 Å². The van der Waals surface area contributed by atoms with E-state index in [9.17, 15) is 9.18 Å². The largest absolute Gasteiger partial charge is 0.335 e. The second-order valence-corrected chi connectivity index (χ2v) is 5.17. The Kier molecular flexibility index (Phi) is 3.54. The summed E-state index contributed by atoms with van der Waals surface area (Å²) in [5.74, 6) is -0.171. The second kappa shape index (κ2) is 5.48. The fourth-order valence-corrected chi connectivity index (χ4v) is 2.70. The zero-order chi connectivity index (χ0) is 13.9. The van der Waals surface area contributed by atoms with Crippen LogP contribution in [0.15, 0.2) is 18.2 Å². The first-order valence-corrected chi connectivity index (χ1v) is 6.94. The number of rotatable bonds is 2. The Hall–Kier alpha value is -2.11. The summed E-state index contributed by atoms with van der Waals surface area (Å²) in [5.41, 5.74) is 0.568. The maximum atomic E-state index is 13.8. The summed E-state index contributed by atoms with van der Waals surface area (Å²) in [6.07, 6.45) is 5.52. The van der Waals surface area contributed by atoms with Crippen molar-refractivity contribution in [3.05, 3.63) is 24.0 Å². The molecule has 1 fully saturated rings. The third-order valence-electron chi connectivity index (χ3n) is 3.71. The summed E-state index contributed by atoms with van der Waals surface area (Å²) in [4.78, 5) is 11.9. The first kappa shape index (κ1) is 12.9. The van der Waals surface area contributed by atoms with Crippen LogP contribution >= 0.6 is 0 Å². The normalized spacial score (nSPS) is 16.2. The summed E-state index contributed by atoms with van der Waals surface area (Å²) in [6, 6.07) is 4.55. The molecule has 1 aliphatic carbocycles. The lowest BCUT2D eigenvalue weighted by Gasteiger charge is -2.22. The number of halogens is 1. The third-order valence-corrected chi connectivity index (χ3v) is 3.71. The van der Waals surface area contributed by atoms with Crippen LogP contribution in [-0.2, 0) is 0 Å². The second-order valence-electron chi connectivity index (χ2n) is 5.17. The summed E-state index contributed by atoms with van der Waals surface area (Å²) in [5, 5.41) is 12.5. The van der Waals surface area contributed by atoms with Gasteiger partial charge in [0.25, 0.3) is 0 Å². The predicted octanol–water partition coefficient (Wildman–Crippen LogP) is 3.16. The third kappa shape index (κ3) is 2.59. The van der Waals surface area contributed by atoms with Gasteiger partial charge >= 0.3 is 6.03 Å². The molecule has 106 valence electrons. The van der Waals surface area contributed by atoms with Crippen LogP contribution in [0.2, 0.25) is 0 Å². The number of benzene rings is 1. The molecule has 0 saturated heterocycles. The fourth-order valence-electron chi connectivity index (χ4n) is 2.70. The highest BCUT2D eigenvalue weighted by molar-refractivity contribution is 5.99. The van der Waals surface area contributed by atoms with E-state index in [1.807, 2.05) is 0 Å². The highest BCUT2D eigenvalue weighted by atomic mass is 19.1. The summed E-state index contributed by atoms with van der Waals surface area (Å²) in [7, 11) is 0. The SMILES string of the molecule is O=C(Nc1n[nH]c2cccc(F)c12)NC1CCCCC1. The van der Waals surface area contributed by atoms with E-state index >= 15 is 0 Å². The Bertz CT molecular complexity index is 619. The van der Waals surface area contributed by atoms with E-state index in [0.29, 0.717) is 10.9 Å². The molecule has 2 amide bonds. The topological polar surface area (TPSA) is 69.8 Å². The minimum Gasteiger partial charge on any atom is -0.335 e. The Morgan fingerprint density at radius 1 is 1.30 bits per heavy atom. The van der Waals surface area contributed by atoms with Gasteiger partial charge in [-0.3, -0.25) is 10.4 Å². The monoisotopic (exact) mass is 276 g/mol. The summed E-state index contributed by atoms with van der Waals surface area (Å²) >= 11 is 0. The predicted molar refractivity (Wildman–Crippen MR) is 75.1 cm³/mol. The molecular weight excluding hydrogens is 259 g/mol. The quantitative estimate of drug-likeness (QED) is 0.788. The minimum absolute atomic E-state index is 0.207. The number of urea groups is 1. The van der Waals surface area contributed by atoms with Gasteiger partial charge in [-0.05, 0) is 25.0 Å². The molecular formula is C14H17FN4O. The van der Waals surface area contributed by atoms with Crippen molar-refractivity contribution in [1.29, 1.82) is 0 Å². The number of carbonyl (C=O) groups is 1. The lowest BCUT2D eigenvalue weighted by Crippen LogP contribution is -2.39. The zero-order valence-corrected chi connectivity index (χ0v) is 11.1. The van der Waals surface area contributed by atoms with Crippen LogP contribution in [0.1, 0.15) is 32.1 Å². The Morgan fingerprint density at radius 3 is 2.90 bits per heavy atom. The van der Waals surface area contributed by atoms with Gasteiger partial charge in [0, 0.05) is 6.04 Å². The number of nitrogens with one attached hydrogen (secondary N) is 3. The molecule has 1 saturated carbocycles. The molecule has 2 aromatic rings. The number of amides is 2. The molecule has 0 atom stereocenters. The van der Waals surface area contributed by atoms with Crippen molar-refractivity contribution >= 4 is 22.8 Å². The number of H-pyrrole nitrogens is 1. The van der Waals surface area contributed by atoms with Crippen LogP contribution in [-0.4, -0.2) is 22.3 Å². The molecule has 1 aliphatic rings. The van der Waals surface area contributed by atoms with Gasteiger partial charge in [-0.25, -0.2) is 9.18 Å². The van der Waals surface area contributed by atoms with Crippen molar-refractivity contribution in [2.75, 3.05) is 5.32 Å². The highest BCUT2D eigenvalue weighted by Crippen LogP contribution is 2.23. The van der Waals surface area contributed by atoms with Gasteiger partial charge in [0.05, 0.1) is 10.9 Å². The number of hydrogen-bond acceptors (Lipinski definition) is 2. The maximum Gasteiger partial charge on any atom is 0.320 e. The Labute approximate surface area is 115 Å². The molecule has 3 N–H and O–H groups in total. The number of fused-ring (bicyclic) bond motifs is 1. The first-order valence-electron chi connectivity index (χ1n) is 6.94. The van der Waals surface area contributed by atoms with Crippen LogP contribution in [0.25, 0.3) is 10.9 Å². The number of aromatic amines is 1. The Balaban J connectivity index is 1.71. The van der Waals surface area contributed by atoms with Crippen LogP contribution in [0.5, 0.6) is 0 Å². The lowest BCUT2D eigenvalue weighted by molar-refractivity contribution is 0.244. The molecule has 0 unspecified atom stereocenters. The van der Waals surface area contributed by atoms with Gasteiger partial charge in [-0.1, -0.05) is 25.3 Å². The molecule has 1 aromatic carbocycles. The van der Waals surface area contributed by atoms with Crippen molar-refractivity contribution in [1.82, 2.24) is 15.5 Å². The van der Waals surface area contributed by atoms with Gasteiger partial charge in [0.2, 0.25) is 0 Å². The lowest BCUT2D eigenvalue weighted by atomic mass is 9.96. The molecule has 5 nitrogen and oxygen atoms in total. The first-order chi connectivity index (χ1) is 9.74. The molecule has 0 bridgehead atoms. The van der Waals surface area contributed by atoms with Crippen molar-refractivity contribution in [2.45, 2.75) is 38.1 Å². The van der Waals surface area contributed by atoms with E-state index in [4.69, 9.17) is 0 Å². The highest BCUT2D eigenvalue weighted by Gasteiger charge is 2.17. The molecule has 1 heterocycles. The van der Waals surface area contributed by atoms with Gasteiger partial charge in [-0.15, -0.1) is 0 Å². The molecule has 6 heteroatoms. The van der Waals surface area contributed by atoms with Gasteiger partial charge in [0.1, 0.15) is 5.82 Å². The molecule has 20 heavy (non-hydrogen) atoms. The number of carbonyl (C=O) groups excluding carboxylic acids is 1. The Morgan fingerprint density at radius 2 is 2.10 bits per heavy atom. The van der Waals surface area contributed by atoms with E-state index in [1.165, 1.54) is 12.5 Å². The summed E-state index contributed by atoms with van der Waals surface area (Å²) < 4.78 is 13.8. The smallest absolute Gasteiger partial charge is 0.320 e. The van der Waals surface area contributed by atoms with Gasteiger partial charge < -0.3 is 5.32 Å². The molecule has 3 rings (SSSR count). The molecule has 1 aromatic heterocycles. The van der Waals surface area contributed by atoms with Gasteiger partial charge in [-0.2, -0.15) is 5.10 Å². The minimum atomic E-state index is -0.399. The van der Waals surface area contributed by atoms with Crippen LogP contribution < -0.4 is 10.6 Å². The van der Waals surface area contributed by atoms with Crippen molar-refractivity contribution < 1.29 is 9.18 Å². The number of anilines is 1. The number of hydrogen-bond donors (Lipinski definition) is 3. The molecule has 0 radical (unpaired) electrons. The standard InChI is InChI=1S/C14H17FN4O/c15-10-7-4-8-11-12(10)13(19-18-11)17-14(20)16-9-5-2-1-3-6-9/h4,7-9H,1-3,5-6H2,(H3,16,17,18,19,20). The molecule has 0 spiro atoms. The number of aromatic nitrogens is 2. The van der Waals surface area contributed by atoms with Crippen molar-refractivity contribution in [3.63, 3.8) is 0 Å². The van der Waals surface area contributed by atoms with E-state index < -0.39 is 5.82 Å². The average Bonchev–Trinajstić information content (AvgIpc) is 2.84. The van der Waals surface area contributed by atoms with Gasteiger partial charge in [0.15, 0.2) is 5.82 Å². The fraction of sp³-hybridized carbons (Fsp3) is 0.429. The molecule has 0 aliphatic heterocycles. The summed E-state index contributed by atoms with van der Waals surface area (Å²) in [6.45, 7) is 0. The van der Waals surface area contributed by atoms with E-state index in [1.54, 1.807) is 12.1 Å². The van der Waals surface area contributed by atoms with Crippen molar-refractivity contribution in [3.8, 4) is 0 Å². The maximum absolute atomic E-state index is 13.8.